The van der Waals surface area contributed by atoms with Crippen molar-refractivity contribution in [3.63, 3.8) is 0 Å². The molecule has 1 aromatic rings. The lowest BCUT2D eigenvalue weighted by atomic mass is 10.4. The smallest absolute Gasteiger partial charge is 0.255 e. The second-order valence-electron chi connectivity index (χ2n) is 1.75. The number of hydrogen-bond donors (Lipinski definition) is 0. The molecule has 0 aliphatic carbocycles. The molecule has 0 bridgehead atoms. The van der Waals surface area contributed by atoms with E-state index in [0.29, 0.717) is 6.07 Å². The molecular weight excluding hydrogens is 159 g/mol. The molecule has 0 aliphatic rings. The topological polar surface area (TPSA) is 22.1 Å². The second-order valence-corrected chi connectivity index (χ2v) is 1.75. The summed E-state index contributed by atoms with van der Waals surface area (Å²) in [6.07, 6.45) is 0. The fourth-order valence-electron chi connectivity index (χ4n) is 0.553. The predicted octanol–water partition coefficient (Wildman–Crippen LogP) is 1.51. The van der Waals surface area contributed by atoms with Gasteiger partial charge in [0.25, 0.3) is 5.95 Å². The third-order valence-corrected chi connectivity index (χ3v) is 1.06. The second kappa shape index (κ2) is 2.77. The molecule has 0 saturated carbocycles. The lowest BCUT2D eigenvalue weighted by Gasteiger charge is -1.98. The quantitative estimate of drug-likeness (QED) is 0.585. The summed E-state index contributed by atoms with van der Waals surface area (Å²) < 4.78 is 41.1. The van der Waals surface area contributed by atoms with E-state index in [4.69, 9.17) is 0 Å². The highest BCUT2D eigenvalue weighted by molar-refractivity contribution is 5.13. The molecule has 2 nitrogen and oxygen atoms in total. The normalized spacial score (nSPS) is 9.82. The molecule has 0 N–H and O–H groups in total. The van der Waals surface area contributed by atoms with Gasteiger partial charge in [-0.2, -0.15) is 13.8 Å². The van der Waals surface area contributed by atoms with Gasteiger partial charge in [-0.05, 0) is 0 Å². The Labute approximate surface area is 60.6 Å². The Balaban J connectivity index is 3.21. The standard InChI is InChI=1S/C6H4F3NO/c1-11-4-2-3(7)5(8)6(9)10-4/h2H,1H3. The van der Waals surface area contributed by atoms with Gasteiger partial charge >= 0.3 is 0 Å². The molecule has 0 aliphatic heterocycles. The van der Waals surface area contributed by atoms with Gasteiger partial charge in [0.05, 0.1) is 7.11 Å². The van der Waals surface area contributed by atoms with Crippen LogP contribution in [0.1, 0.15) is 0 Å². The fourth-order valence-corrected chi connectivity index (χ4v) is 0.553. The van der Waals surface area contributed by atoms with Crippen LogP contribution in [-0.4, -0.2) is 12.1 Å². The largest absolute Gasteiger partial charge is 0.481 e. The van der Waals surface area contributed by atoms with Crippen molar-refractivity contribution in [1.29, 1.82) is 0 Å². The summed E-state index contributed by atoms with van der Waals surface area (Å²) >= 11 is 0. The Hall–Kier alpha value is -1.26. The van der Waals surface area contributed by atoms with Crippen molar-refractivity contribution in [2.24, 2.45) is 0 Å². The number of methoxy groups -OCH3 is 1. The molecule has 0 unspecified atom stereocenters. The minimum absolute atomic E-state index is 0.290. The van der Waals surface area contributed by atoms with Crippen LogP contribution in [0.5, 0.6) is 5.88 Å². The molecule has 1 rings (SSSR count). The Kier molecular flexibility index (Phi) is 1.98. The van der Waals surface area contributed by atoms with Crippen LogP contribution >= 0.6 is 0 Å². The van der Waals surface area contributed by atoms with Crippen molar-refractivity contribution < 1.29 is 17.9 Å². The zero-order chi connectivity index (χ0) is 8.43. The third kappa shape index (κ3) is 1.42. The Morgan fingerprint density at radius 2 is 2.00 bits per heavy atom. The monoisotopic (exact) mass is 163 g/mol. The highest BCUT2D eigenvalue weighted by atomic mass is 19.2. The van der Waals surface area contributed by atoms with E-state index >= 15 is 0 Å². The van der Waals surface area contributed by atoms with Gasteiger partial charge in [-0.25, -0.2) is 4.39 Å². The van der Waals surface area contributed by atoms with Gasteiger partial charge in [-0.1, -0.05) is 0 Å². The fraction of sp³-hybridized carbons (Fsp3) is 0.167. The van der Waals surface area contributed by atoms with E-state index in [1.807, 2.05) is 0 Å². The number of rotatable bonds is 1. The lowest BCUT2D eigenvalue weighted by molar-refractivity contribution is 0.361. The molecule has 0 atom stereocenters. The average Bonchev–Trinajstić information content (AvgIpc) is 1.99. The lowest BCUT2D eigenvalue weighted by Crippen LogP contribution is -1.97. The van der Waals surface area contributed by atoms with Crippen LogP contribution in [0.25, 0.3) is 0 Å². The van der Waals surface area contributed by atoms with E-state index in [1.165, 1.54) is 7.11 Å². The zero-order valence-electron chi connectivity index (χ0n) is 5.57. The molecule has 0 saturated heterocycles. The van der Waals surface area contributed by atoms with Gasteiger partial charge in [-0.3, -0.25) is 0 Å². The summed E-state index contributed by atoms with van der Waals surface area (Å²) in [5.41, 5.74) is 0. The van der Waals surface area contributed by atoms with Gasteiger partial charge in [0.15, 0.2) is 5.82 Å². The summed E-state index contributed by atoms with van der Waals surface area (Å²) in [4.78, 5) is 2.95. The van der Waals surface area contributed by atoms with Crippen molar-refractivity contribution in [3.8, 4) is 5.88 Å². The molecular formula is C6H4F3NO. The molecule has 0 amide bonds. The van der Waals surface area contributed by atoms with E-state index in [0.717, 1.165) is 0 Å². The van der Waals surface area contributed by atoms with Gasteiger partial charge < -0.3 is 4.74 Å². The number of aromatic nitrogens is 1. The van der Waals surface area contributed by atoms with Crippen LogP contribution in [0.4, 0.5) is 13.2 Å². The highest BCUT2D eigenvalue weighted by Crippen LogP contribution is 2.14. The van der Waals surface area contributed by atoms with E-state index in [9.17, 15) is 13.2 Å². The van der Waals surface area contributed by atoms with Crippen LogP contribution < -0.4 is 4.74 Å². The minimum atomic E-state index is -1.59. The number of hydrogen-bond acceptors (Lipinski definition) is 2. The molecule has 5 heteroatoms. The summed E-state index contributed by atoms with van der Waals surface area (Å²) in [5.74, 6) is -4.69. The van der Waals surface area contributed by atoms with Gasteiger partial charge in [0, 0.05) is 6.07 Å². The molecule has 0 radical (unpaired) electrons. The number of nitrogens with zero attached hydrogens (tertiary/aromatic N) is 1. The summed E-state index contributed by atoms with van der Waals surface area (Å²) in [6.45, 7) is 0. The molecule has 1 aromatic heterocycles. The zero-order valence-corrected chi connectivity index (χ0v) is 5.57. The van der Waals surface area contributed by atoms with Crippen LogP contribution in [0.15, 0.2) is 6.07 Å². The number of halogens is 3. The van der Waals surface area contributed by atoms with Crippen molar-refractivity contribution >= 4 is 0 Å². The predicted molar refractivity (Wildman–Crippen MR) is 30.7 cm³/mol. The molecule has 0 aromatic carbocycles. The van der Waals surface area contributed by atoms with Gasteiger partial charge in [0.2, 0.25) is 11.7 Å². The van der Waals surface area contributed by atoms with E-state index in [1.54, 1.807) is 0 Å². The Morgan fingerprint density at radius 1 is 1.36 bits per heavy atom. The molecule has 60 valence electrons. The van der Waals surface area contributed by atoms with Gasteiger partial charge in [0.1, 0.15) is 0 Å². The van der Waals surface area contributed by atoms with Gasteiger partial charge in [-0.15, -0.1) is 0 Å². The maximum absolute atomic E-state index is 12.3. The van der Waals surface area contributed by atoms with E-state index < -0.39 is 17.6 Å². The first-order valence-electron chi connectivity index (χ1n) is 2.70. The summed E-state index contributed by atoms with van der Waals surface area (Å²) in [6, 6.07) is 0.665. The minimum Gasteiger partial charge on any atom is -0.481 e. The van der Waals surface area contributed by atoms with E-state index in [2.05, 4.69) is 9.72 Å². The maximum atomic E-state index is 12.3. The first-order chi connectivity index (χ1) is 5.15. The first kappa shape index (κ1) is 7.84. The SMILES string of the molecule is COc1cc(F)c(F)c(F)n1. The summed E-state index contributed by atoms with van der Waals surface area (Å²) in [5, 5.41) is 0. The molecule has 0 spiro atoms. The first-order valence-corrected chi connectivity index (χ1v) is 2.70. The Morgan fingerprint density at radius 3 is 2.45 bits per heavy atom. The molecule has 11 heavy (non-hydrogen) atoms. The Bertz CT molecular complexity index is 254. The summed E-state index contributed by atoms with van der Waals surface area (Å²) in [7, 11) is 1.18. The number of ether oxygens (including phenoxy) is 1. The highest BCUT2D eigenvalue weighted by Gasteiger charge is 2.11. The van der Waals surface area contributed by atoms with Crippen LogP contribution in [0.3, 0.4) is 0 Å². The molecule has 0 fully saturated rings. The van der Waals surface area contributed by atoms with Crippen molar-refractivity contribution in [1.82, 2.24) is 4.98 Å². The number of pyridine rings is 1. The van der Waals surface area contributed by atoms with Crippen LogP contribution in [0.2, 0.25) is 0 Å². The maximum Gasteiger partial charge on any atom is 0.255 e. The average molecular weight is 163 g/mol. The molecule has 1 heterocycles. The van der Waals surface area contributed by atoms with Crippen LogP contribution in [0, 0.1) is 17.6 Å². The van der Waals surface area contributed by atoms with Crippen molar-refractivity contribution in [2.75, 3.05) is 7.11 Å². The van der Waals surface area contributed by atoms with Crippen molar-refractivity contribution in [2.45, 2.75) is 0 Å². The third-order valence-electron chi connectivity index (χ3n) is 1.06. The van der Waals surface area contributed by atoms with Crippen LogP contribution in [-0.2, 0) is 0 Å². The van der Waals surface area contributed by atoms with E-state index in [-0.39, 0.29) is 5.88 Å². The van der Waals surface area contributed by atoms with Crippen molar-refractivity contribution in [3.05, 3.63) is 23.6 Å².